The van der Waals surface area contributed by atoms with Gasteiger partial charge in [-0.25, -0.2) is 0 Å². The van der Waals surface area contributed by atoms with Gasteiger partial charge in [0.25, 0.3) is 0 Å². The van der Waals surface area contributed by atoms with E-state index in [4.69, 9.17) is 9.47 Å². The van der Waals surface area contributed by atoms with Crippen LogP contribution in [0.2, 0.25) is 0 Å². The van der Waals surface area contributed by atoms with E-state index in [1.807, 2.05) is 17.0 Å². The van der Waals surface area contributed by atoms with E-state index in [0.29, 0.717) is 24.4 Å². The lowest BCUT2D eigenvalue weighted by Gasteiger charge is -2.32. The van der Waals surface area contributed by atoms with E-state index in [0.717, 1.165) is 25.0 Å². The van der Waals surface area contributed by atoms with Crippen molar-refractivity contribution in [3.05, 3.63) is 59.7 Å². The summed E-state index contributed by atoms with van der Waals surface area (Å²) in [5, 5.41) is 0. The molecule has 0 aromatic heterocycles. The molecule has 0 aliphatic carbocycles. The van der Waals surface area contributed by atoms with Crippen LogP contribution in [0.5, 0.6) is 11.5 Å². The quantitative estimate of drug-likeness (QED) is 0.626. The Hall–Kier alpha value is -2.82. The van der Waals surface area contributed by atoms with E-state index in [2.05, 4.69) is 19.1 Å². The summed E-state index contributed by atoms with van der Waals surface area (Å²) in [7, 11) is 1.57. The highest BCUT2D eigenvalue weighted by Crippen LogP contribution is 2.21. The van der Waals surface area contributed by atoms with Crippen LogP contribution in [0.1, 0.15) is 48.5 Å². The van der Waals surface area contributed by atoms with Gasteiger partial charge in [-0.3, -0.25) is 9.59 Å². The summed E-state index contributed by atoms with van der Waals surface area (Å²) in [6.45, 7) is 3.47. The molecule has 2 aromatic rings. The van der Waals surface area contributed by atoms with E-state index in [1.54, 1.807) is 31.4 Å². The molecule has 5 nitrogen and oxygen atoms in total. The highest BCUT2D eigenvalue weighted by molar-refractivity contribution is 5.98. The number of nitrogens with zero attached hydrogens (tertiary/aromatic N) is 1. The van der Waals surface area contributed by atoms with Gasteiger partial charge in [0.1, 0.15) is 17.6 Å². The SMILES string of the molecule is CCc1cccc(OC2CCN(C(=O)CCC(=O)c3cccc(OC)c3)CC2)c1. The molecule has 3 rings (SSSR count). The molecule has 1 aliphatic rings. The number of ether oxygens (including phenoxy) is 2. The highest BCUT2D eigenvalue weighted by Gasteiger charge is 2.24. The van der Waals surface area contributed by atoms with E-state index in [9.17, 15) is 9.59 Å². The maximum absolute atomic E-state index is 12.5. The largest absolute Gasteiger partial charge is 0.497 e. The van der Waals surface area contributed by atoms with Crippen molar-refractivity contribution in [2.45, 2.75) is 45.1 Å². The Bertz CT molecular complexity index is 840. The molecule has 0 radical (unpaired) electrons. The van der Waals surface area contributed by atoms with Crippen molar-refractivity contribution in [2.24, 2.45) is 0 Å². The Morgan fingerprint density at radius 2 is 1.72 bits per heavy atom. The normalized spacial score (nSPS) is 14.5. The van der Waals surface area contributed by atoms with Crippen LogP contribution < -0.4 is 9.47 Å². The smallest absolute Gasteiger partial charge is 0.223 e. The molecule has 2 aromatic carbocycles. The van der Waals surface area contributed by atoms with Crippen LogP contribution >= 0.6 is 0 Å². The summed E-state index contributed by atoms with van der Waals surface area (Å²) in [5.41, 5.74) is 1.84. The van der Waals surface area contributed by atoms with Crippen molar-refractivity contribution in [2.75, 3.05) is 20.2 Å². The number of amides is 1. The van der Waals surface area contributed by atoms with Gasteiger partial charge in [-0.1, -0.05) is 31.2 Å². The van der Waals surface area contributed by atoms with Crippen molar-refractivity contribution < 1.29 is 19.1 Å². The van der Waals surface area contributed by atoms with E-state index in [-0.39, 0.29) is 30.6 Å². The van der Waals surface area contributed by atoms with Crippen molar-refractivity contribution in [1.29, 1.82) is 0 Å². The summed E-state index contributed by atoms with van der Waals surface area (Å²) in [6, 6.07) is 15.2. The summed E-state index contributed by atoms with van der Waals surface area (Å²) < 4.78 is 11.3. The number of likely N-dealkylation sites (tertiary alicyclic amines) is 1. The molecule has 0 saturated carbocycles. The Morgan fingerprint density at radius 1 is 1.00 bits per heavy atom. The standard InChI is InChI=1S/C24H29NO4/c1-3-18-6-4-9-22(16-18)29-20-12-14-25(15-13-20)24(27)11-10-23(26)19-7-5-8-21(17-19)28-2/h4-9,16-17,20H,3,10-15H2,1-2H3. The van der Waals surface area contributed by atoms with Gasteiger partial charge < -0.3 is 14.4 Å². The molecule has 0 spiro atoms. The zero-order chi connectivity index (χ0) is 20.6. The van der Waals surface area contributed by atoms with E-state index in [1.165, 1.54) is 5.56 Å². The molecule has 29 heavy (non-hydrogen) atoms. The first kappa shape index (κ1) is 20.9. The molecular weight excluding hydrogens is 366 g/mol. The third kappa shape index (κ3) is 5.83. The number of benzene rings is 2. The molecule has 1 amide bonds. The first-order valence-electron chi connectivity index (χ1n) is 10.3. The Morgan fingerprint density at radius 3 is 2.45 bits per heavy atom. The highest BCUT2D eigenvalue weighted by atomic mass is 16.5. The molecular formula is C24H29NO4. The van der Waals surface area contributed by atoms with Crippen molar-refractivity contribution in [1.82, 2.24) is 4.90 Å². The van der Waals surface area contributed by atoms with E-state index >= 15 is 0 Å². The lowest BCUT2D eigenvalue weighted by atomic mass is 10.0. The maximum Gasteiger partial charge on any atom is 0.223 e. The molecule has 0 unspecified atom stereocenters. The fourth-order valence-corrected chi connectivity index (χ4v) is 3.57. The molecule has 0 bridgehead atoms. The van der Waals surface area contributed by atoms with Gasteiger partial charge in [0.05, 0.1) is 7.11 Å². The number of Topliss-reactive ketones (excluding diaryl/α,β-unsaturated/α-hetero) is 1. The molecule has 154 valence electrons. The lowest BCUT2D eigenvalue weighted by molar-refractivity contribution is -0.132. The lowest BCUT2D eigenvalue weighted by Crippen LogP contribution is -2.41. The minimum Gasteiger partial charge on any atom is -0.497 e. The van der Waals surface area contributed by atoms with Gasteiger partial charge in [-0.05, 0) is 36.2 Å². The monoisotopic (exact) mass is 395 g/mol. The second kappa shape index (κ2) is 10.1. The summed E-state index contributed by atoms with van der Waals surface area (Å²) >= 11 is 0. The second-order valence-electron chi connectivity index (χ2n) is 7.35. The zero-order valence-electron chi connectivity index (χ0n) is 17.2. The number of ketones is 1. The van der Waals surface area contributed by atoms with E-state index < -0.39 is 0 Å². The Kier molecular flexibility index (Phi) is 7.28. The van der Waals surface area contributed by atoms with Crippen molar-refractivity contribution >= 4 is 11.7 Å². The number of methoxy groups -OCH3 is 1. The second-order valence-corrected chi connectivity index (χ2v) is 7.35. The Labute approximate surface area is 172 Å². The summed E-state index contributed by atoms with van der Waals surface area (Å²) in [6.07, 6.45) is 3.19. The predicted octanol–water partition coefficient (Wildman–Crippen LogP) is 4.29. The molecule has 0 N–H and O–H groups in total. The van der Waals surface area contributed by atoms with Crippen LogP contribution in [-0.2, 0) is 11.2 Å². The van der Waals surface area contributed by atoms with Crippen LogP contribution in [0, 0.1) is 0 Å². The van der Waals surface area contributed by atoms with Gasteiger partial charge in [-0.2, -0.15) is 0 Å². The fraction of sp³-hybridized carbons (Fsp3) is 0.417. The van der Waals surface area contributed by atoms with Crippen LogP contribution in [-0.4, -0.2) is 42.9 Å². The third-order valence-electron chi connectivity index (χ3n) is 5.36. The number of carbonyl (C=O) groups is 2. The third-order valence-corrected chi connectivity index (χ3v) is 5.36. The number of hydrogen-bond donors (Lipinski definition) is 0. The summed E-state index contributed by atoms with van der Waals surface area (Å²) in [4.78, 5) is 26.7. The molecule has 1 aliphatic heterocycles. The van der Waals surface area contributed by atoms with Gasteiger partial charge >= 0.3 is 0 Å². The fourth-order valence-electron chi connectivity index (χ4n) is 3.57. The number of rotatable bonds is 8. The molecule has 1 fully saturated rings. The average Bonchev–Trinajstić information content (AvgIpc) is 2.78. The van der Waals surface area contributed by atoms with Gasteiger partial charge in [0.15, 0.2) is 5.78 Å². The number of piperidine rings is 1. The predicted molar refractivity (Wildman–Crippen MR) is 113 cm³/mol. The molecule has 1 saturated heterocycles. The van der Waals surface area contributed by atoms with Crippen molar-refractivity contribution in [3.8, 4) is 11.5 Å². The average molecular weight is 395 g/mol. The van der Waals surface area contributed by atoms with Gasteiger partial charge in [-0.15, -0.1) is 0 Å². The molecule has 0 atom stereocenters. The number of carbonyl (C=O) groups excluding carboxylic acids is 2. The van der Waals surface area contributed by atoms with Gasteiger partial charge in [0.2, 0.25) is 5.91 Å². The summed E-state index contributed by atoms with van der Waals surface area (Å²) in [5.74, 6) is 1.55. The molecule has 5 heteroatoms. The molecule has 1 heterocycles. The number of aryl methyl sites for hydroxylation is 1. The van der Waals surface area contributed by atoms with Crippen LogP contribution in [0.25, 0.3) is 0 Å². The topological polar surface area (TPSA) is 55.8 Å². The minimum atomic E-state index is -0.0359. The van der Waals surface area contributed by atoms with Crippen molar-refractivity contribution in [3.63, 3.8) is 0 Å². The van der Waals surface area contributed by atoms with Crippen LogP contribution in [0.15, 0.2) is 48.5 Å². The minimum absolute atomic E-state index is 0.0349. The number of hydrogen-bond acceptors (Lipinski definition) is 4. The first-order chi connectivity index (χ1) is 14.1. The first-order valence-corrected chi connectivity index (χ1v) is 10.3. The van der Waals surface area contributed by atoms with Crippen LogP contribution in [0.3, 0.4) is 0 Å². The maximum atomic E-state index is 12.5. The van der Waals surface area contributed by atoms with Crippen LogP contribution in [0.4, 0.5) is 0 Å². The van der Waals surface area contributed by atoms with Gasteiger partial charge in [0, 0.05) is 44.3 Å². The Balaban J connectivity index is 1.44. The zero-order valence-corrected chi connectivity index (χ0v) is 17.2.